The number of aliphatic hydroxyl groups is 1. The van der Waals surface area contributed by atoms with E-state index in [-0.39, 0.29) is 6.10 Å². The highest BCUT2D eigenvalue weighted by atomic mass is 28.4. The van der Waals surface area contributed by atoms with E-state index in [1.54, 1.807) is 21.3 Å². The number of hydrogen-bond donors (Lipinski definition) is 1. The molecule has 0 aromatic rings. The van der Waals surface area contributed by atoms with Crippen LogP contribution in [0.2, 0.25) is 6.04 Å². The van der Waals surface area contributed by atoms with Crippen LogP contribution in [-0.2, 0) is 22.8 Å². The summed E-state index contributed by atoms with van der Waals surface area (Å²) in [5, 5.41) is 9.55. The fraction of sp³-hybridized carbons (Fsp3) is 1.00. The maximum absolute atomic E-state index is 9.55. The van der Waals surface area contributed by atoms with Crippen LogP contribution in [0.25, 0.3) is 0 Å². The summed E-state index contributed by atoms with van der Waals surface area (Å²) in [6.07, 6.45) is -0.241. The van der Waals surface area contributed by atoms with Crippen LogP contribution in [0, 0.1) is 0 Å². The molecule has 16 heavy (non-hydrogen) atoms. The van der Waals surface area contributed by atoms with Crippen molar-refractivity contribution in [1.29, 1.82) is 0 Å². The number of rotatable bonds is 9. The first-order valence-corrected chi connectivity index (χ1v) is 7.15. The van der Waals surface area contributed by atoms with Crippen molar-refractivity contribution < 1.29 is 27.9 Å². The van der Waals surface area contributed by atoms with Gasteiger partial charge in [-0.25, -0.2) is 0 Å². The second-order valence-electron chi connectivity index (χ2n) is 3.58. The summed E-state index contributed by atoms with van der Waals surface area (Å²) in [4.78, 5) is 0. The standard InChI is InChI=1S/C9H20O6Si/c1-11-16(12-2,13-3)5-4-9(10)15-7-8-6-14-8/h8-10H,4-7H2,1-3H3. The van der Waals surface area contributed by atoms with E-state index >= 15 is 0 Å². The van der Waals surface area contributed by atoms with Gasteiger partial charge in [-0.2, -0.15) is 0 Å². The topological polar surface area (TPSA) is 69.7 Å². The Morgan fingerprint density at radius 2 is 1.88 bits per heavy atom. The Morgan fingerprint density at radius 3 is 2.31 bits per heavy atom. The van der Waals surface area contributed by atoms with Crippen molar-refractivity contribution in [3.05, 3.63) is 0 Å². The fourth-order valence-electron chi connectivity index (χ4n) is 1.32. The molecule has 1 aliphatic heterocycles. The summed E-state index contributed by atoms with van der Waals surface area (Å²) in [7, 11) is 2.05. The average Bonchev–Trinajstić information content (AvgIpc) is 3.13. The molecule has 6 nitrogen and oxygen atoms in total. The third-order valence-electron chi connectivity index (χ3n) is 2.51. The van der Waals surface area contributed by atoms with Crippen molar-refractivity contribution in [3.8, 4) is 0 Å². The van der Waals surface area contributed by atoms with Gasteiger partial charge in [0, 0.05) is 33.8 Å². The molecule has 1 aliphatic rings. The van der Waals surface area contributed by atoms with Crippen LogP contribution >= 0.6 is 0 Å². The Labute approximate surface area is 96.8 Å². The Kier molecular flexibility index (Phi) is 5.83. The van der Waals surface area contributed by atoms with Gasteiger partial charge in [-0.3, -0.25) is 0 Å². The molecule has 0 saturated carbocycles. The lowest BCUT2D eigenvalue weighted by Gasteiger charge is -2.25. The normalized spacial score (nSPS) is 22.1. The van der Waals surface area contributed by atoms with E-state index < -0.39 is 15.1 Å². The molecule has 2 unspecified atom stereocenters. The largest absolute Gasteiger partial charge is 0.500 e. The van der Waals surface area contributed by atoms with Gasteiger partial charge in [-0.15, -0.1) is 0 Å². The second-order valence-corrected chi connectivity index (χ2v) is 6.67. The Hall–Kier alpha value is -0.0231. The molecular weight excluding hydrogens is 232 g/mol. The zero-order valence-electron chi connectivity index (χ0n) is 9.97. The second kappa shape index (κ2) is 6.65. The summed E-state index contributed by atoms with van der Waals surface area (Å²) >= 11 is 0. The zero-order valence-corrected chi connectivity index (χ0v) is 11.0. The molecule has 1 fully saturated rings. The van der Waals surface area contributed by atoms with Crippen LogP contribution in [0.4, 0.5) is 0 Å². The number of ether oxygens (including phenoxy) is 2. The van der Waals surface area contributed by atoms with Gasteiger partial charge in [0.15, 0.2) is 6.29 Å². The summed E-state index contributed by atoms with van der Waals surface area (Å²) < 4.78 is 25.8. The lowest BCUT2D eigenvalue weighted by atomic mass is 10.4. The molecule has 0 amide bonds. The first kappa shape index (κ1) is 14.0. The van der Waals surface area contributed by atoms with Gasteiger partial charge in [0.2, 0.25) is 0 Å². The third kappa shape index (κ3) is 4.46. The van der Waals surface area contributed by atoms with E-state index in [1.165, 1.54) is 0 Å². The number of aliphatic hydroxyl groups excluding tert-OH is 1. The molecule has 0 aromatic carbocycles. The quantitative estimate of drug-likeness (QED) is 0.353. The Bertz CT molecular complexity index is 186. The molecule has 1 rings (SSSR count). The minimum atomic E-state index is -2.59. The first-order chi connectivity index (χ1) is 7.65. The molecule has 7 heteroatoms. The maximum Gasteiger partial charge on any atom is 0.500 e. The minimum Gasteiger partial charge on any atom is -0.377 e. The molecule has 1 heterocycles. The minimum absolute atomic E-state index is 0.156. The fourth-order valence-corrected chi connectivity index (χ4v) is 3.04. The van der Waals surface area contributed by atoms with Gasteiger partial charge >= 0.3 is 8.80 Å². The molecule has 0 aromatic heterocycles. The van der Waals surface area contributed by atoms with E-state index in [0.717, 1.165) is 6.61 Å². The van der Waals surface area contributed by atoms with Crippen molar-refractivity contribution in [3.63, 3.8) is 0 Å². The van der Waals surface area contributed by atoms with Gasteiger partial charge in [-0.05, 0) is 0 Å². The van der Waals surface area contributed by atoms with Crippen LogP contribution < -0.4 is 0 Å². The van der Waals surface area contributed by atoms with Crippen molar-refractivity contribution in [2.24, 2.45) is 0 Å². The van der Waals surface area contributed by atoms with Crippen LogP contribution in [0.1, 0.15) is 6.42 Å². The summed E-state index contributed by atoms with van der Waals surface area (Å²) in [5.41, 5.74) is 0. The lowest BCUT2D eigenvalue weighted by Crippen LogP contribution is -2.43. The molecular formula is C9H20O6Si. The first-order valence-electron chi connectivity index (χ1n) is 5.22. The van der Waals surface area contributed by atoms with Crippen LogP contribution in [0.5, 0.6) is 0 Å². The summed E-state index contributed by atoms with van der Waals surface area (Å²) in [6, 6.07) is 0.517. The third-order valence-corrected chi connectivity index (χ3v) is 5.27. The lowest BCUT2D eigenvalue weighted by molar-refractivity contribution is -0.105. The molecule has 0 radical (unpaired) electrons. The Balaban J connectivity index is 2.18. The summed E-state index contributed by atoms with van der Waals surface area (Å²) in [6.45, 7) is 1.16. The molecule has 0 aliphatic carbocycles. The molecule has 1 N–H and O–H groups in total. The molecule has 0 bridgehead atoms. The smallest absolute Gasteiger partial charge is 0.377 e. The van der Waals surface area contributed by atoms with E-state index in [4.69, 9.17) is 22.8 Å². The van der Waals surface area contributed by atoms with Gasteiger partial charge in [0.05, 0.1) is 13.2 Å². The maximum atomic E-state index is 9.55. The van der Waals surface area contributed by atoms with Crippen molar-refractivity contribution in [2.75, 3.05) is 34.5 Å². The SMILES string of the molecule is CO[Si](CCC(O)OCC1CO1)(OC)OC. The number of epoxide rings is 1. The van der Waals surface area contributed by atoms with Crippen LogP contribution in [0.3, 0.4) is 0 Å². The Morgan fingerprint density at radius 1 is 1.31 bits per heavy atom. The number of hydrogen-bond acceptors (Lipinski definition) is 6. The molecule has 96 valence electrons. The highest BCUT2D eigenvalue weighted by Gasteiger charge is 2.38. The van der Waals surface area contributed by atoms with Crippen LogP contribution in [0.15, 0.2) is 0 Å². The molecule has 1 saturated heterocycles. The zero-order chi connectivity index (χ0) is 12.0. The average molecular weight is 252 g/mol. The highest BCUT2D eigenvalue weighted by Crippen LogP contribution is 2.17. The van der Waals surface area contributed by atoms with Gasteiger partial charge in [-0.1, -0.05) is 0 Å². The highest BCUT2D eigenvalue weighted by molar-refractivity contribution is 6.60. The monoisotopic (exact) mass is 252 g/mol. The van der Waals surface area contributed by atoms with Crippen molar-refractivity contribution in [1.82, 2.24) is 0 Å². The van der Waals surface area contributed by atoms with Gasteiger partial charge in [0.1, 0.15) is 6.10 Å². The summed E-state index contributed by atoms with van der Waals surface area (Å²) in [5.74, 6) is 0. The van der Waals surface area contributed by atoms with Gasteiger partial charge < -0.3 is 27.9 Å². The van der Waals surface area contributed by atoms with Crippen LogP contribution in [-0.4, -0.2) is 60.8 Å². The van der Waals surface area contributed by atoms with E-state index in [0.29, 0.717) is 19.1 Å². The molecule has 0 spiro atoms. The van der Waals surface area contributed by atoms with E-state index in [1.807, 2.05) is 0 Å². The van der Waals surface area contributed by atoms with Gasteiger partial charge in [0.25, 0.3) is 0 Å². The predicted octanol–water partition coefficient (Wildman–Crippen LogP) is -0.0116. The predicted molar refractivity (Wildman–Crippen MR) is 57.9 cm³/mol. The van der Waals surface area contributed by atoms with E-state index in [2.05, 4.69) is 0 Å². The van der Waals surface area contributed by atoms with Crippen molar-refractivity contribution >= 4 is 8.80 Å². The van der Waals surface area contributed by atoms with E-state index in [9.17, 15) is 5.11 Å². The molecule has 2 atom stereocenters. The van der Waals surface area contributed by atoms with Crippen molar-refractivity contribution in [2.45, 2.75) is 24.9 Å².